The van der Waals surface area contributed by atoms with Gasteiger partial charge in [-0.2, -0.15) is 0 Å². The monoisotopic (exact) mass is 422 g/mol. The van der Waals surface area contributed by atoms with Crippen LogP contribution in [0.15, 0.2) is 23.6 Å². The average molecular weight is 423 g/mol. The van der Waals surface area contributed by atoms with Crippen molar-refractivity contribution >= 4 is 29.7 Å². The van der Waals surface area contributed by atoms with Crippen LogP contribution in [0.3, 0.4) is 0 Å². The number of nitrogens with zero attached hydrogens (tertiary/aromatic N) is 2. The molecule has 2 aliphatic rings. The molecule has 2 aromatic rings. The van der Waals surface area contributed by atoms with Crippen molar-refractivity contribution in [2.45, 2.75) is 44.6 Å². The van der Waals surface area contributed by atoms with Gasteiger partial charge in [0.25, 0.3) is 0 Å². The summed E-state index contributed by atoms with van der Waals surface area (Å²) in [7, 11) is 1.72. The molecule has 1 aromatic carbocycles. The first-order chi connectivity index (χ1) is 13.1. The van der Waals surface area contributed by atoms with Crippen LogP contribution >= 0.6 is 23.7 Å². The second kappa shape index (κ2) is 8.80. The number of methoxy groups -OCH3 is 1. The smallest absolute Gasteiger partial charge is 0.222 e. The zero-order valence-corrected chi connectivity index (χ0v) is 18.0. The van der Waals surface area contributed by atoms with Crippen molar-refractivity contribution < 1.29 is 14.3 Å². The van der Waals surface area contributed by atoms with Crippen LogP contribution < -0.4 is 4.74 Å². The third-order valence-corrected chi connectivity index (χ3v) is 6.55. The first kappa shape index (κ1) is 21.1. The van der Waals surface area contributed by atoms with Crippen molar-refractivity contribution in [3.63, 3.8) is 0 Å². The van der Waals surface area contributed by atoms with E-state index in [1.165, 1.54) is 11.1 Å². The maximum atomic E-state index is 12.7. The van der Waals surface area contributed by atoms with Gasteiger partial charge in [-0.25, -0.2) is 4.98 Å². The molecule has 28 heavy (non-hydrogen) atoms. The molecule has 1 saturated heterocycles. The zero-order chi connectivity index (χ0) is 18.9. The van der Waals surface area contributed by atoms with Crippen molar-refractivity contribution in [2.24, 2.45) is 0 Å². The molecule has 0 aliphatic carbocycles. The molecular formula is C21H27ClN2O3S. The maximum absolute atomic E-state index is 12.7. The molecule has 0 radical (unpaired) electrons. The van der Waals surface area contributed by atoms with Crippen LogP contribution in [-0.2, 0) is 28.0 Å². The number of piperidine rings is 1. The summed E-state index contributed by atoms with van der Waals surface area (Å²) in [4.78, 5) is 19.1. The highest BCUT2D eigenvalue weighted by Crippen LogP contribution is 2.45. The highest BCUT2D eigenvalue weighted by molar-refractivity contribution is 7.09. The van der Waals surface area contributed by atoms with Crippen molar-refractivity contribution in [3.05, 3.63) is 45.4 Å². The van der Waals surface area contributed by atoms with E-state index in [4.69, 9.17) is 9.47 Å². The van der Waals surface area contributed by atoms with Gasteiger partial charge in [0.15, 0.2) is 0 Å². The topological polar surface area (TPSA) is 51.7 Å². The van der Waals surface area contributed by atoms with Crippen molar-refractivity contribution in [1.29, 1.82) is 0 Å². The van der Waals surface area contributed by atoms with Gasteiger partial charge in [-0.05, 0) is 44.2 Å². The summed E-state index contributed by atoms with van der Waals surface area (Å²) in [5, 5.41) is 3.10. The SMILES string of the molecule is COc1cccc2c1C1(CCN(C(=O)CCc3csc(C)n3)CC1)OCC2.Cl. The number of fused-ring (bicyclic) bond motifs is 2. The van der Waals surface area contributed by atoms with E-state index >= 15 is 0 Å². The molecule has 4 rings (SSSR count). The van der Waals surface area contributed by atoms with Crippen LogP contribution in [0.5, 0.6) is 5.75 Å². The van der Waals surface area contributed by atoms with E-state index in [0.717, 1.165) is 61.8 Å². The first-order valence-electron chi connectivity index (χ1n) is 9.60. The molecule has 0 unspecified atom stereocenters. The highest BCUT2D eigenvalue weighted by atomic mass is 35.5. The van der Waals surface area contributed by atoms with E-state index in [9.17, 15) is 4.79 Å². The summed E-state index contributed by atoms with van der Waals surface area (Å²) in [5.41, 5.74) is 3.22. The molecule has 1 amide bonds. The van der Waals surface area contributed by atoms with Crippen molar-refractivity contribution in [2.75, 3.05) is 26.8 Å². The second-order valence-corrected chi connectivity index (χ2v) is 8.39. The molecule has 0 bridgehead atoms. The Bertz CT molecular complexity index is 817. The van der Waals surface area contributed by atoms with E-state index < -0.39 is 0 Å². The number of amides is 1. The number of likely N-dealkylation sites (tertiary alicyclic amines) is 1. The number of ether oxygens (including phenoxy) is 2. The van der Waals surface area contributed by atoms with Gasteiger partial charge in [0, 0.05) is 30.5 Å². The van der Waals surface area contributed by atoms with E-state index in [-0.39, 0.29) is 23.9 Å². The van der Waals surface area contributed by atoms with Crippen LogP contribution in [0.2, 0.25) is 0 Å². The van der Waals surface area contributed by atoms with Gasteiger partial charge in [-0.1, -0.05) is 12.1 Å². The molecular weight excluding hydrogens is 396 g/mol. The number of hydrogen-bond acceptors (Lipinski definition) is 5. The number of aryl methyl sites for hydroxylation is 2. The second-order valence-electron chi connectivity index (χ2n) is 7.33. The molecule has 0 saturated carbocycles. The molecule has 0 atom stereocenters. The van der Waals surface area contributed by atoms with Gasteiger partial charge >= 0.3 is 0 Å². The predicted molar refractivity (Wildman–Crippen MR) is 113 cm³/mol. The number of carbonyl (C=O) groups is 1. The number of carbonyl (C=O) groups excluding carboxylic acids is 1. The minimum absolute atomic E-state index is 0. The number of benzene rings is 1. The summed E-state index contributed by atoms with van der Waals surface area (Å²) in [6.45, 7) is 4.19. The van der Waals surface area contributed by atoms with Gasteiger partial charge < -0.3 is 14.4 Å². The predicted octanol–water partition coefficient (Wildman–Crippen LogP) is 3.91. The summed E-state index contributed by atoms with van der Waals surface area (Å²) >= 11 is 1.64. The largest absolute Gasteiger partial charge is 0.496 e. The fourth-order valence-corrected chi connectivity index (χ4v) is 4.98. The molecule has 1 fully saturated rings. The van der Waals surface area contributed by atoms with Crippen LogP contribution in [-0.4, -0.2) is 42.6 Å². The molecule has 1 spiro atoms. The van der Waals surface area contributed by atoms with Crippen molar-refractivity contribution in [1.82, 2.24) is 9.88 Å². The van der Waals surface area contributed by atoms with Crippen molar-refractivity contribution in [3.8, 4) is 5.75 Å². The standard InChI is InChI=1S/C21H26N2O3S.ClH/c1-15-22-17(14-27-15)6-7-19(24)23-11-9-21(10-12-23)20-16(8-13-26-21)4-3-5-18(20)25-2;/h3-5,14H,6-13H2,1-2H3;1H. The minimum atomic E-state index is -0.316. The number of rotatable bonds is 4. The van der Waals surface area contributed by atoms with E-state index in [1.54, 1.807) is 18.4 Å². The van der Waals surface area contributed by atoms with Crippen LogP contribution in [0.4, 0.5) is 0 Å². The lowest BCUT2D eigenvalue weighted by Gasteiger charge is -2.45. The molecule has 3 heterocycles. The molecule has 1 aromatic heterocycles. The fourth-order valence-electron chi connectivity index (χ4n) is 4.33. The zero-order valence-electron chi connectivity index (χ0n) is 16.4. The van der Waals surface area contributed by atoms with Crippen LogP contribution in [0.25, 0.3) is 0 Å². The third kappa shape index (κ3) is 4.04. The van der Waals surface area contributed by atoms with Gasteiger partial charge in [-0.15, -0.1) is 23.7 Å². The summed E-state index contributed by atoms with van der Waals surface area (Å²) < 4.78 is 11.9. The Kier molecular flexibility index (Phi) is 6.63. The Labute approximate surface area is 176 Å². The molecule has 2 aliphatic heterocycles. The number of aromatic nitrogens is 1. The lowest BCUT2D eigenvalue weighted by atomic mass is 9.78. The van der Waals surface area contributed by atoms with Crippen LogP contribution in [0, 0.1) is 6.92 Å². The molecule has 152 valence electrons. The van der Waals surface area contributed by atoms with Gasteiger partial charge in [0.2, 0.25) is 5.91 Å². The summed E-state index contributed by atoms with van der Waals surface area (Å²) in [6, 6.07) is 6.24. The third-order valence-electron chi connectivity index (χ3n) is 5.72. The fraction of sp³-hybridized carbons (Fsp3) is 0.524. The first-order valence-corrected chi connectivity index (χ1v) is 10.5. The number of thiazole rings is 1. The lowest BCUT2D eigenvalue weighted by Crippen LogP contribution is -2.48. The van der Waals surface area contributed by atoms with Gasteiger partial charge in [0.1, 0.15) is 11.4 Å². The number of hydrogen-bond donors (Lipinski definition) is 0. The Morgan fingerprint density at radius 2 is 2.14 bits per heavy atom. The normalized spacial score (nSPS) is 17.7. The van der Waals surface area contributed by atoms with Gasteiger partial charge in [0.05, 0.1) is 24.4 Å². The molecule has 5 nitrogen and oxygen atoms in total. The van der Waals surface area contributed by atoms with E-state index in [1.807, 2.05) is 23.3 Å². The van der Waals surface area contributed by atoms with E-state index in [2.05, 4.69) is 17.1 Å². The quantitative estimate of drug-likeness (QED) is 0.749. The Morgan fingerprint density at radius 3 is 2.82 bits per heavy atom. The van der Waals surface area contributed by atoms with E-state index in [0.29, 0.717) is 6.42 Å². The Hall–Kier alpha value is -1.63. The molecule has 0 N–H and O–H groups in total. The average Bonchev–Trinajstić information content (AvgIpc) is 3.12. The minimum Gasteiger partial charge on any atom is -0.496 e. The Morgan fingerprint density at radius 1 is 1.36 bits per heavy atom. The highest BCUT2D eigenvalue weighted by Gasteiger charge is 2.43. The lowest BCUT2D eigenvalue weighted by molar-refractivity contribution is -0.140. The summed E-state index contributed by atoms with van der Waals surface area (Å²) in [6.07, 6.45) is 3.81. The Balaban J connectivity index is 0.00000225. The van der Waals surface area contributed by atoms with Crippen LogP contribution in [0.1, 0.15) is 41.1 Å². The van der Waals surface area contributed by atoms with Gasteiger partial charge in [-0.3, -0.25) is 4.79 Å². The maximum Gasteiger partial charge on any atom is 0.222 e. The molecule has 7 heteroatoms. The summed E-state index contributed by atoms with van der Waals surface area (Å²) in [5.74, 6) is 1.12. The number of halogens is 1.